The van der Waals surface area contributed by atoms with Gasteiger partial charge in [-0.25, -0.2) is 0 Å². The molecule has 0 aliphatic heterocycles. The van der Waals surface area contributed by atoms with E-state index in [4.69, 9.17) is 12.2 Å². The molecule has 18 heavy (non-hydrogen) atoms. The molecule has 1 aromatic heterocycles. The molecule has 1 aliphatic carbocycles. The van der Waals surface area contributed by atoms with Gasteiger partial charge in [-0.1, -0.05) is 38.1 Å². The number of nitrogens with zero attached hydrogens (tertiary/aromatic N) is 2. The Labute approximate surface area is 112 Å². The second kappa shape index (κ2) is 4.35. The number of hydrogen-bond donors (Lipinski definition) is 1. The summed E-state index contributed by atoms with van der Waals surface area (Å²) in [6.45, 7) is 4.31. The van der Waals surface area contributed by atoms with E-state index in [0.29, 0.717) is 12.0 Å². The second-order valence-corrected chi connectivity index (χ2v) is 5.63. The highest BCUT2D eigenvalue weighted by atomic mass is 32.1. The molecule has 0 radical (unpaired) electrons. The van der Waals surface area contributed by atoms with Crippen LogP contribution < -0.4 is 0 Å². The van der Waals surface area contributed by atoms with Gasteiger partial charge in [-0.2, -0.15) is 5.10 Å². The summed E-state index contributed by atoms with van der Waals surface area (Å²) >= 11 is 5.38. The monoisotopic (exact) mass is 259 g/mol. The Morgan fingerprint density at radius 3 is 2.44 bits per heavy atom. The van der Waals surface area contributed by atoms with Crippen LogP contribution in [0.4, 0.5) is 0 Å². The van der Waals surface area contributed by atoms with Crippen LogP contribution in [0.1, 0.15) is 42.8 Å². The van der Waals surface area contributed by atoms with Crippen LogP contribution in [-0.4, -0.2) is 14.8 Å². The molecule has 4 heteroatoms. The lowest BCUT2D eigenvalue weighted by atomic mass is 10.1. The first-order valence-electron chi connectivity index (χ1n) is 6.40. The summed E-state index contributed by atoms with van der Waals surface area (Å²) in [6, 6.07) is 9.08. The van der Waals surface area contributed by atoms with Crippen molar-refractivity contribution in [3.05, 3.63) is 46.0 Å². The molecule has 1 aliphatic rings. The van der Waals surface area contributed by atoms with Crippen molar-refractivity contribution in [2.75, 3.05) is 0 Å². The Balaban J connectivity index is 2.00. The van der Waals surface area contributed by atoms with Crippen molar-refractivity contribution >= 4 is 12.2 Å². The van der Waals surface area contributed by atoms with E-state index in [9.17, 15) is 0 Å². The van der Waals surface area contributed by atoms with Gasteiger partial charge >= 0.3 is 0 Å². The lowest BCUT2D eigenvalue weighted by Gasteiger charge is -2.15. The second-order valence-electron chi connectivity index (χ2n) is 5.24. The lowest BCUT2D eigenvalue weighted by molar-refractivity contribution is 0.490. The van der Waals surface area contributed by atoms with Gasteiger partial charge in [0.25, 0.3) is 0 Å². The molecule has 1 N–H and O–H groups in total. The van der Waals surface area contributed by atoms with Crippen LogP contribution >= 0.6 is 12.2 Å². The van der Waals surface area contributed by atoms with Crippen molar-refractivity contribution in [3.8, 4) is 0 Å². The first kappa shape index (κ1) is 11.7. The summed E-state index contributed by atoms with van der Waals surface area (Å²) in [7, 11) is 0. The normalized spacial score (nSPS) is 15.3. The van der Waals surface area contributed by atoms with Crippen molar-refractivity contribution in [2.45, 2.75) is 38.6 Å². The molecule has 1 heterocycles. The van der Waals surface area contributed by atoms with Crippen LogP contribution in [0.15, 0.2) is 24.3 Å². The van der Waals surface area contributed by atoms with E-state index in [-0.39, 0.29) is 0 Å². The van der Waals surface area contributed by atoms with Crippen molar-refractivity contribution in [1.29, 1.82) is 0 Å². The Morgan fingerprint density at radius 1 is 1.28 bits per heavy atom. The third-order valence-corrected chi connectivity index (χ3v) is 3.93. The summed E-state index contributed by atoms with van der Waals surface area (Å²) in [5.41, 5.74) is 2.89. The number of aromatic nitrogens is 3. The molecule has 0 fully saturated rings. The van der Waals surface area contributed by atoms with E-state index in [1.54, 1.807) is 0 Å². The zero-order valence-corrected chi connectivity index (χ0v) is 11.5. The molecule has 0 unspecified atom stereocenters. The fraction of sp³-hybridized carbons (Fsp3) is 0.429. The van der Waals surface area contributed by atoms with E-state index in [0.717, 1.165) is 23.4 Å². The number of aromatic amines is 1. The Hall–Kier alpha value is -1.42. The molecular weight excluding hydrogens is 242 g/mol. The third-order valence-electron chi connectivity index (χ3n) is 3.64. The quantitative estimate of drug-likeness (QED) is 0.839. The minimum Gasteiger partial charge on any atom is -0.300 e. The predicted octanol–water partition coefficient (Wildman–Crippen LogP) is 3.40. The highest BCUT2D eigenvalue weighted by Crippen LogP contribution is 2.31. The molecule has 1 aromatic carbocycles. The smallest absolute Gasteiger partial charge is 0.195 e. The number of hydrogen-bond acceptors (Lipinski definition) is 2. The highest BCUT2D eigenvalue weighted by Gasteiger charge is 2.25. The Kier molecular flexibility index (Phi) is 2.82. The molecule has 0 saturated carbocycles. The molecule has 94 valence electrons. The van der Waals surface area contributed by atoms with Crippen molar-refractivity contribution in [2.24, 2.45) is 0 Å². The van der Waals surface area contributed by atoms with Crippen LogP contribution in [0.2, 0.25) is 0 Å². The summed E-state index contributed by atoms with van der Waals surface area (Å²) in [4.78, 5) is 0. The van der Waals surface area contributed by atoms with Gasteiger partial charge in [-0.3, -0.25) is 5.10 Å². The zero-order valence-electron chi connectivity index (χ0n) is 10.7. The molecular formula is C14H17N3S. The van der Waals surface area contributed by atoms with Gasteiger partial charge in [-0.15, -0.1) is 0 Å². The number of rotatable bonds is 2. The van der Waals surface area contributed by atoms with E-state index in [2.05, 4.69) is 52.9 Å². The molecule has 0 spiro atoms. The standard InChI is InChI=1S/C14H17N3S/c1-9(2)13-15-16-14(18)17(13)12-7-10-5-3-4-6-11(10)8-12/h3-6,9,12H,7-8H2,1-2H3,(H,16,18). The maximum Gasteiger partial charge on any atom is 0.195 e. The van der Waals surface area contributed by atoms with Gasteiger partial charge < -0.3 is 4.57 Å². The zero-order chi connectivity index (χ0) is 12.7. The lowest BCUT2D eigenvalue weighted by Crippen LogP contribution is -2.13. The Bertz CT molecular complexity index is 599. The highest BCUT2D eigenvalue weighted by molar-refractivity contribution is 7.71. The first-order valence-corrected chi connectivity index (χ1v) is 6.81. The van der Waals surface area contributed by atoms with E-state index in [1.807, 2.05) is 0 Å². The third kappa shape index (κ3) is 1.81. The molecule has 0 bridgehead atoms. The van der Waals surface area contributed by atoms with Gasteiger partial charge in [0.1, 0.15) is 5.82 Å². The molecule has 3 nitrogen and oxygen atoms in total. The predicted molar refractivity (Wildman–Crippen MR) is 74.4 cm³/mol. The summed E-state index contributed by atoms with van der Waals surface area (Å²) < 4.78 is 2.96. The number of fused-ring (bicyclic) bond motifs is 1. The van der Waals surface area contributed by atoms with Crippen LogP contribution in [0.5, 0.6) is 0 Å². The van der Waals surface area contributed by atoms with Crippen LogP contribution in [0.3, 0.4) is 0 Å². The number of H-pyrrole nitrogens is 1. The van der Waals surface area contributed by atoms with Crippen LogP contribution in [0.25, 0.3) is 0 Å². The van der Waals surface area contributed by atoms with Crippen molar-refractivity contribution < 1.29 is 0 Å². The molecule has 0 saturated heterocycles. The first-order chi connectivity index (χ1) is 8.66. The molecule has 0 atom stereocenters. The number of benzene rings is 1. The maximum atomic E-state index is 5.38. The maximum absolute atomic E-state index is 5.38. The van der Waals surface area contributed by atoms with Crippen molar-refractivity contribution in [3.63, 3.8) is 0 Å². The van der Waals surface area contributed by atoms with Crippen LogP contribution in [0, 0.1) is 4.77 Å². The number of nitrogens with one attached hydrogen (secondary N) is 1. The SMILES string of the molecule is CC(C)c1n[nH]c(=S)n1C1Cc2ccccc2C1. The fourth-order valence-electron chi connectivity index (χ4n) is 2.80. The van der Waals surface area contributed by atoms with Gasteiger partial charge in [0.2, 0.25) is 0 Å². The van der Waals surface area contributed by atoms with E-state index >= 15 is 0 Å². The van der Waals surface area contributed by atoms with Gasteiger partial charge in [0.15, 0.2) is 4.77 Å². The van der Waals surface area contributed by atoms with E-state index in [1.165, 1.54) is 11.1 Å². The molecule has 2 aromatic rings. The molecule has 0 amide bonds. The van der Waals surface area contributed by atoms with Gasteiger partial charge in [0, 0.05) is 12.0 Å². The Morgan fingerprint density at radius 2 is 1.89 bits per heavy atom. The van der Waals surface area contributed by atoms with Gasteiger partial charge in [0.05, 0.1) is 0 Å². The fourth-order valence-corrected chi connectivity index (χ4v) is 3.08. The average molecular weight is 259 g/mol. The topological polar surface area (TPSA) is 33.6 Å². The minimum absolute atomic E-state index is 0.390. The largest absolute Gasteiger partial charge is 0.300 e. The molecule has 3 rings (SSSR count). The van der Waals surface area contributed by atoms with Gasteiger partial charge in [-0.05, 0) is 36.2 Å². The minimum atomic E-state index is 0.390. The summed E-state index contributed by atoms with van der Waals surface area (Å²) in [5, 5.41) is 7.31. The average Bonchev–Trinajstić information content (AvgIpc) is 2.91. The van der Waals surface area contributed by atoms with E-state index < -0.39 is 0 Å². The van der Waals surface area contributed by atoms with Crippen molar-refractivity contribution in [1.82, 2.24) is 14.8 Å². The van der Waals surface area contributed by atoms with Crippen LogP contribution in [-0.2, 0) is 12.8 Å². The summed E-state index contributed by atoms with van der Waals surface area (Å²) in [5.74, 6) is 1.46. The summed E-state index contributed by atoms with van der Waals surface area (Å²) in [6.07, 6.45) is 2.12.